The fraction of sp³-hybridized carbons (Fsp3) is 0.333. The van der Waals surface area contributed by atoms with Crippen LogP contribution >= 0.6 is 0 Å². The number of carbonyl (C=O) groups is 1. The van der Waals surface area contributed by atoms with Gasteiger partial charge >= 0.3 is 6.18 Å². The van der Waals surface area contributed by atoms with Crippen molar-refractivity contribution in [3.8, 4) is 17.2 Å². The number of nitrogens with one attached hydrogen (secondary N) is 2. The summed E-state index contributed by atoms with van der Waals surface area (Å²) in [4.78, 5) is 17.1. The fourth-order valence-electron chi connectivity index (χ4n) is 5.16. The van der Waals surface area contributed by atoms with Crippen molar-refractivity contribution in [2.24, 2.45) is 0 Å². The molecule has 0 unspecified atom stereocenters. The molecule has 0 spiro atoms. The zero-order chi connectivity index (χ0) is 30.8. The summed E-state index contributed by atoms with van der Waals surface area (Å²) in [6, 6.07) is 11.1. The smallest absolute Gasteiger partial charge is 0.422 e. The minimum atomic E-state index is -4.91. The number of alkyl halides is 3. The van der Waals surface area contributed by atoms with Crippen LogP contribution in [0.1, 0.15) is 28.9 Å². The Labute approximate surface area is 250 Å². The van der Waals surface area contributed by atoms with E-state index in [2.05, 4.69) is 30.8 Å². The molecule has 0 bridgehead atoms. The molecule has 2 aromatic carbocycles. The van der Waals surface area contributed by atoms with E-state index in [0.29, 0.717) is 24.8 Å². The summed E-state index contributed by atoms with van der Waals surface area (Å²) < 4.78 is 66.3. The monoisotopic (exact) mass is 610 g/mol. The Kier molecular flexibility index (Phi) is 8.19. The first-order valence-electron chi connectivity index (χ1n) is 14.2. The number of nitrogens with zero attached hydrogens (tertiary/aromatic N) is 6. The highest BCUT2D eigenvalue weighted by Gasteiger charge is 2.42. The number of amides is 1. The van der Waals surface area contributed by atoms with E-state index in [1.807, 2.05) is 7.05 Å². The van der Waals surface area contributed by atoms with E-state index in [0.717, 1.165) is 25.0 Å². The summed E-state index contributed by atoms with van der Waals surface area (Å²) in [6.45, 7) is 1.61. The van der Waals surface area contributed by atoms with E-state index >= 15 is 0 Å². The average molecular weight is 611 g/mol. The summed E-state index contributed by atoms with van der Waals surface area (Å²) in [5.41, 5.74) is -0.885. The highest BCUT2D eigenvalue weighted by atomic mass is 19.4. The van der Waals surface area contributed by atoms with Crippen LogP contribution in [0.4, 0.5) is 28.9 Å². The molecule has 1 amide bonds. The molecule has 2 fully saturated rings. The number of carbonyl (C=O) groups excluding carboxylic acids is 1. The number of benzene rings is 2. The first-order chi connectivity index (χ1) is 21.2. The molecule has 230 valence electrons. The number of ether oxygens (including phenoxy) is 1. The van der Waals surface area contributed by atoms with Gasteiger partial charge in [0.05, 0.1) is 29.5 Å². The largest absolute Gasteiger partial charge is 0.454 e. The Morgan fingerprint density at radius 2 is 1.86 bits per heavy atom. The lowest BCUT2D eigenvalue weighted by Crippen LogP contribution is -2.55. The third-order valence-electron chi connectivity index (χ3n) is 7.70. The van der Waals surface area contributed by atoms with Crippen molar-refractivity contribution in [3.63, 3.8) is 0 Å². The molecule has 14 heteroatoms. The molecule has 10 nitrogen and oxygen atoms in total. The van der Waals surface area contributed by atoms with Crippen molar-refractivity contribution in [1.82, 2.24) is 30.2 Å². The second kappa shape index (κ2) is 12.2. The molecule has 1 saturated heterocycles. The molecular weight excluding hydrogens is 580 g/mol. The van der Waals surface area contributed by atoms with Gasteiger partial charge in [0.15, 0.2) is 17.3 Å². The van der Waals surface area contributed by atoms with E-state index in [1.165, 1.54) is 53.6 Å². The number of likely N-dealkylation sites (N-methyl/N-ethyl adjacent to an activating group) is 1. The Hall–Kier alpha value is -4.56. The van der Waals surface area contributed by atoms with Crippen LogP contribution in [0.3, 0.4) is 0 Å². The van der Waals surface area contributed by atoms with Crippen molar-refractivity contribution in [1.29, 1.82) is 0 Å². The van der Waals surface area contributed by atoms with E-state index in [4.69, 9.17) is 4.74 Å². The van der Waals surface area contributed by atoms with Gasteiger partial charge in [-0.2, -0.15) is 28.5 Å². The normalized spacial score (nSPS) is 17.5. The van der Waals surface area contributed by atoms with Gasteiger partial charge in [-0.05, 0) is 56.3 Å². The maximum absolute atomic E-state index is 15.0. The molecule has 3 heterocycles. The molecule has 2 aliphatic rings. The Bertz CT molecular complexity index is 1630. The van der Waals surface area contributed by atoms with Crippen molar-refractivity contribution in [2.45, 2.75) is 31.1 Å². The van der Waals surface area contributed by atoms with E-state index in [1.54, 1.807) is 11.0 Å². The van der Waals surface area contributed by atoms with Gasteiger partial charge in [0.25, 0.3) is 5.91 Å². The predicted octanol–water partition coefficient (Wildman–Crippen LogP) is 4.74. The molecule has 1 saturated carbocycles. The van der Waals surface area contributed by atoms with E-state index in [-0.39, 0.29) is 41.9 Å². The standard InChI is InChI=1S/C30H30F4N8O2/c1-40-14-15-41(18-21(40)16-35-19-6-7-19)28-23(38-29(43)24-11-13-42(39-24)20-10-12-36-37-17-20)8-9-26(27(28)30(32,33)34)44-25-5-3-2-4-22(25)31/h2-5,8-13,17,19,21,35H,6-7,14-16,18H2,1H3,(H,38,43)/t21-/m0/s1. The minimum Gasteiger partial charge on any atom is -0.454 e. The number of rotatable bonds is 9. The van der Waals surface area contributed by atoms with Crippen LogP contribution in [0.2, 0.25) is 0 Å². The maximum atomic E-state index is 15.0. The first kappa shape index (κ1) is 29.5. The molecule has 2 aromatic heterocycles. The number of hydrogen-bond acceptors (Lipinski definition) is 8. The Morgan fingerprint density at radius 3 is 2.59 bits per heavy atom. The molecule has 6 rings (SSSR count). The summed E-state index contributed by atoms with van der Waals surface area (Å²) in [6.07, 6.45) is 1.72. The van der Waals surface area contributed by atoms with Crippen LogP contribution in [-0.2, 0) is 6.18 Å². The summed E-state index contributed by atoms with van der Waals surface area (Å²) in [5.74, 6) is -2.42. The lowest BCUT2D eigenvalue weighted by molar-refractivity contribution is -0.138. The zero-order valence-electron chi connectivity index (χ0n) is 23.8. The van der Waals surface area contributed by atoms with Gasteiger partial charge in [0, 0.05) is 44.5 Å². The molecule has 2 N–H and O–H groups in total. The number of aromatic nitrogens is 4. The minimum absolute atomic E-state index is 0.0158. The van der Waals surface area contributed by atoms with Crippen molar-refractivity contribution in [2.75, 3.05) is 43.4 Å². The van der Waals surface area contributed by atoms with Crippen LogP contribution < -0.4 is 20.3 Å². The average Bonchev–Trinajstić information content (AvgIpc) is 3.70. The SMILES string of the molecule is CN1CCN(c2c(NC(=O)c3ccn(-c4ccnnc4)n3)ccc(Oc3ccccc3F)c2C(F)(F)F)C[C@@H]1CNC1CC1. The second-order valence-corrected chi connectivity index (χ2v) is 10.8. The zero-order valence-corrected chi connectivity index (χ0v) is 23.8. The summed E-state index contributed by atoms with van der Waals surface area (Å²) in [5, 5.41) is 17.9. The molecule has 1 aliphatic heterocycles. The molecule has 44 heavy (non-hydrogen) atoms. The highest BCUT2D eigenvalue weighted by molar-refractivity contribution is 6.05. The third kappa shape index (κ3) is 6.50. The molecule has 1 aliphatic carbocycles. The first-order valence-corrected chi connectivity index (χ1v) is 14.2. The number of para-hydroxylation sites is 1. The number of anilines is 2. The van der Waals surface area contributed by atoms with Crippen molar-refractivity contribution < 1.29 is 27.1 Å². The van der Waals surface area contributed by atoms with Gasteiger partial charge in [0.1, 0.15) is 11.3 Å². The van der Waals surface area contributed by atoms with Crippen LogP contribution in [0.25, 0.3) is 5.69 Å². The quantitative estimate of drug-likeness (QED) is 0.263. The predicted molar refractivity (Wildman–Crippen MR) is 155 cm³/mol. The Morgan fingerprint density at radius 1 is 1.05 bits per heavy atom. The van der Waals surface area contributed by atoms with E-state index < -0.39 is 29.2 Å². The van der Waals surface area contributed by atoms with Gasteiger partial charge in [-0.25, -0.2) is 9.07 Å². The van der Waals surface area contributed by atoms with Gasteiger partial charge in [-0.15, -0.1) is 0 Å². The number of piperazine rings is 1. The lowest BCUT2D eigenvalue weighted by Gasteiger charge is -2.42. The molecule has 0 radical (unpaired) electrons. The van der Waals surface area contributed by atoms with E-state index in [9.17, 15) is 22.4 Å². The topological polar surface area (TPSA) is 100 Å². The van der Waals surface area contributed by atoms with Gasteiger partial charge in [-0.1, -0.05) is 12.1 Å². The summed E-state index contributed by atoms with van der Waals surface area (Å²) in [7, 11) is 1.94. The molecular formula is C30H30F4N8O2. The fourth-order valence-corrected chi connectivity index (χ4v) is 5.16. The van der Waals surface area contributed by atoms with Crippen molar-refractivity contribution >= 4 is 17.3 Å². The van der Waals surface area contributed by atoms with Gasteiger partial charge in [0.2, 0.25) is 0 Å². The lowest BCUT2D eigenvalue weighted by atomic mass is 10.0. The third-order valence-corrected chi connectivity index (χ3v) is 7.70. The van der Waals surface area contributed by atoms with Crippen LogP contribution in [-0.4, -0.2) is 76.1 Å². The second-order valence-electron chi connectivity index (χ2n) is 10.8. The van der Waals surface area contributed by atoms with Crippen LogP contribution in [0.15, 0.2) is 67.1 Å². The van der Waals surface area contributed by atoms with Crippen LogP contribution in [0.5, 0.6) is 11.5 Å². The maximum Gasteiger partial charge on any atom is 0.422 e. The van der Waals surface area contributed by atoms with Crippen LogP contribution in [0, 0.1) is 5.82 Å². The van der Waals surface area contributed by atoms with Crippen molar-refractivity contribution in [3.05, 3.63) is 84.2 Å². The number of hydrogen-bond donors (Lipinski definition) is 2. The van der Waals surface area contributed by atoms with Gasteiger partial charge < -0.3 is 20.3 Å². The highest BCUT2D eigenvalue weighted by Crippen LogP contribution is 2.48. The number of halogens is 4. The van der Waals surface area contributed by atoms with Gasteiger partial charge in [-0.3, -0.25) is 9.69 Å². The molecule has 1 atom stereocenters. The molecule has 4 aromatic rings. The Balaban J connectivity index is 1.38. The summed E-state index contributed by atoms with van der Waals surface area (Å²) >= 11 is 0.